The number of nitrogens with zero attached hydrogens (tertiary/aromatic N) is 3. The number of ether oxygens (including phenoxy) is 1. The second kappa shape index (κ2) is 4.05. The second-order valence-corrected chi connectivity index (χ2v) is 3.14. The Labute approximate surface area is 91.1 Å². The van der Waals surface area contributed by atoms with Crippen molar-refractivity contribution in [2.45, 2.75) is 0 Å². The highest BCUT2D eigenvalue weighted by molar-refractivity contribution is 5.59. The average Bonchev–Trinajstić information content (AvgIpc) is 2.64. The summed E-state index contributed by atoms with van der Waals surface area (Å²) >= 11 is 0. The zero-order valence-electron chi connectivity index (χ0n) is 8.89. The summed E-state index contributed by atoms with van der Waals surface area (Å²) in [4.78, 5) is 17.8. The fourth-order valence-corrected chi connectivity index (χ4v) is 1.29. The monoisotopic (exact) mass is 221 g/mol. The summed E-state index contributed by atoms with van der Waals surface area (Å²) in [5.41, 5.74) is 0.405. The maximum Gasteiger partial charge on any atom is 0.295 e. The zero-order valence-corrected chi connectivity index (χ0v) is 8.89. The van der Waals surface area contributed by atoms with Gasteiger partial charge < -0.3 is 15.0 Å². The molecule has 0 aliphatic carbocycles. The van der Waals surface area contributed by atoms with E-state index in [1.807, 2.05) is 0 Å². The lowest BCUT2D eigenvalue weighted by atomic mass is 10.4. The van der Waals surface area contributed by atoms with E-state index in [-0.39, 0.29) is 11.3 Å². The lowest BCUT2D eigenvalue weighted by molar-refractivity contribution is 0.408. The van der Waals surface area contributed by atoms with Crippen LogP contribution in [0.3, 0.4) is 0 Å². The molecule has 0 amide bonds. The first-order chi connectivity index (χ1) is 7.70. The number of nitrogens with one attached hydrogen (secondary N) is 2. The molecule has 0 fully saturated rings. The molecule has 2 aromatic heterocycles. The highest BCUT2D eigenvalue weighted by Crippen LogP contribution is 2.19. The van der Waals surface area contributed by atoms with Crippen LogP contribution in [0.5, 0.6) is 5.75 Å². The lowest BCUT2D eigenvalue weighted by Crippen LogP contribution is -2.12. The van der Waals surface area contributed by atoms with Crippen molar-refractivity contribution in [3.8, 4) is 5.75 Å². The molecule has 0 saturated heterocycles. The normalized spacial score (nSPS) is 10.1. The van der Waals surface area contributed by atoms with Crippen molar-refractivity contribution >= 4 is 11.5 Å². The molecule has 0 aliphatic rings. The summed E-state index contributed by atoms with van der Waals surface area (Å²) in [5.74, 6) is 0.505. The Balaban J connectivity index is 2.34. The number of H-pyrrole nitrogens is 1. The minimum Gasteiger partial charge on any atom is -0.489 e. The molecule has 0 aromatic carbocycles. The van der Waals surface area contributed by atoms with Gasteiger partial charge in [0.1, 0.15) is 0 Å². The number of methoxy groups -OCH3 is 1. The van der Waals surface area contributed by atoms with Crippen molar-refractivity contribution in [3.05, 3.63) is 29.1 Å². The van der Waals surface area contributed by atoms with Crippen LogP contribution in [0.15, 0.2) is 23.5 Å². The highest BCUT2D eigenvalue weighted by atomic mass is 16.5. The van der Waals surface area contributed by atoms with Gasteiger partial charge in [-0.15, -0.1) is 0 Å². The summed E-state index contributed by atoms with van der Waals surface area (Å²) in [6, 6.07) is 0. The number of anilines is 2. The molecule has 2 N–H and O–H groups in total. The third-order valence-corrected chi connectivity index (χ3v) is 1.98. The number of aromatic amines is 1. The van der Waals surface area contributed by atoms with Crippen LogP contribution < -0.4 is 15.6 Å². The molecule has 2 aromatic rings. The molecule has 16 heavy (non-hydrogen) atoms. The summed E-state index contributed by atoms with van der Waals surface area (Å²) in [6.45, 7) is 0. The molecule has 7 heteroatoms. The predicted molar refractivity (Wildman–Crippen MR) is 57.9 cm³/mol. The van der Waals surface area contributed by atoms with Crippen molar-refractivity contribution < 1.29 is 4.74 Å². The zero-order chi connectivity index (χ0) is 11.5. The third kappa shape index (κ3) is 1.88. The van der Waals surface area contributed by atoms with Crippen LogP contribution in [0.2, 0.25) is 0 Å². The molecule has 0 atom stereocenters. The second-order valence-electron chi connectivity index (χ2n) is 3.14. The standard InChI is InChI=1S/C9H11N5O2/c1-14-4-6(3-12-14)13-8-7(16-2)9(15)11-5-10-8/h3-5H,1-2H3,(H2,10,11,13,15). The number of hydrogen-bond donors (Lipinski definition) is 2. The molecule has 0 unspecified atom stereocenters. The van der Waals surface area contributed by atoms with Gasteiger partial charge in [0.2, 0.25) is 5.75 Å². The Morgan fingerprint density at radius 3 is 3.00 bits per heavy atom. The van der Waals surface area contributed by atoms with Gasteiger partial charge in [-0.3, -0.25) is 9.48 Å². The smallest absolute Gasteiger partial charge is 0.295 e. The fraction of sp³-hybridized carbons (Fsp3) is 0.222. The number of rotatable bonds is 3. The predicted octanol–water partition coefficient (Wildman–Crippen LogP) is 0.256. The van der Waals surface area contributed by atoms with Crippen molar-refractivity contribution in [3.63, 3.8) is 0 Å². The maximum absolute atomic E-state index is 11.4. The van der Waals surface area contributed by atoms with Crippen LogP contribution >= 0.6 is 0 Å². The summed E-state index contributed by atoms with van der Waals surface area (Å²) in [7, 11) is 3.22. The number of aromatic nitrogens is 4. The summed E-state index contributed by atoms with van der Waals surface area (Å²) < 4.78 is 6.60. The molecule has 2 heterocycles. The van der Waals surface area contributed by atoms with Crippen LogP contribution in [0, 0.1) is 0 Å². The molecule has 0 saturated carbocycles. The van der Waals surface area contributed by atoms with Crippen molar-refractivity contribution in [2.75, 3.05) is 12.4 Å². The first kappa shape index (κ1) is 10.2. The van der Waals surface area contributed by atoms with E-state index in [0.29, 0.717) is 5.82 Å². The van der Waals surface area contributed by atoms with Gasteiger partial charge in [0.05, 0.1) is 25.3 Å². The summed E-state index contributed by atoms with van der Waals surface area (Å²) in [6.07, 6.45) is 4.70. The van der Waals surface area contributed by atoms with Crippen molar-refractivity contribution in [1.29, 1.82) is 0 Å². The van der Waals surface area contributed by atoms with Crippen LogP contribution in [-0.4, -0.2) is 26.9 Å². The van der Waals surface area contributed by atoms with Gasteiger partial charge in [-0.25, -0.2) is 4.98 Å². The molecule has 2 rings (SSSR count). The van der Waals surface area contributed by atoms with E-state index in [0.717, 1.165) is 5.69 Å². The SMILES string of the molecule is COc1c(Nc2cnn(C)c2)nc[nH]c1=O. The van der Waals surface area contributed by atoms with Crippen LogP contribution in [0.4, 0.5) is 11.5 Å². The fourth-order valence-electron chi connectivity index (χ4n) is 1.29. The van der Waals surface area contributed by atoms with E-state index in [1.165, 1.54) is 13.4 Å². The largest absolute Gasteiger partial charge is 0.489 e. The first-order valence-electron chi connectivity index (χ1n) is 4.58. The topological polar surface area (TPSA) is 84.8 Å². The summed E-state index contributed by atoms with van der Waals surface area (Å²) in [5, 5.41) is 6.94. The minimum atomic E-state index is -0.330. The molecule has 7 nitrogen and oxygen atoms in total. The number of hydrogen-bond acceptors (Lipinski definition) is 5. The quantitative estimate of drug-likeness (QED) is 0.776. The lowest BCUT2D eigenvalue weighted by Gasteiger charge is -2.06. The van der Waals surface area contributed by atoms with E-state index < -0.39 is 0 Å². The van der Waals surface area contributed by atoms with E-state index in [1.54, 1.807) is 24.1 Å². The van der Waals surface area contributed by atoms with Gasteiger partial charge in [0, 0.05) is 13.2 Å². The Morgan fingerprint density at radius 1 is 1.56 bits per heavy atom. The van der Waals surface area contributed by atoms with Gasteiger partial charge in [-0.05, 0) is 0 Å². The van der Waals surface area contributed by atoms with E-state index in [4.69, 9.17) is 4.74 Å². The van der Waals surface area contributed by atoms with Crippen LogP contribution in [0.25, 0.3) is 0 Å². The van der Waals surface area contributed by atoms with Gasteiger partial charge >= 0.3 is 0 Å². The Hall–Kier alpha value is -2.31. The molecule has 84 valence electrons. The molecule has 0 radical (unpaired) electrons. The highest BCUT2D eigenvalue weighted by Gasteiger charge is 2.09. The molecule has 0 aliphatic heterocycles. The maximum atomic E-state index is 11.4. The Morgan fingerprint density at radius 2 is 2.38 bits per heavy atom. The third-order valence-electron chi connectivity index (χ3n) is 1.98. The molecular weight excluding hydrogens is 210 g/mol. The van der Waals surface area contributed by atoms with Crippen molar-refractivity contribution in [2.24, 2.45) is 7.05 Å². The van der Waals surface area contributed by atoms with Crippen LogP contribution in [0.1, 0.15) is 0 Å². The molecule has 0 bridgehead atoms. The minimum absolute atomic E-state index is 0.145. The van der Waals surface area contributed by atoms with E-state index in [9.17, 15) is 4.79 Å². The molecule has 0 spiro atoms. The number of aryl methyl sites for hydroxylation is 1. The Kier molecular flexibility index (Phi) is 2.59. The van der Waals surface area contributed by atoms with Crippen molar-refractivity contribution in [1.82, 2.24) is 19.7 Å². The Bertz CT molecular complexity index is 545. The van der Waals surface area contributed by atoms with E-state index in [2.05, 4.69) is 20.4 Å². The molecular formula is C9H11N5O2. The van der Waals surface area contributed by atoms with Gasteiger partial charge in [0.25, 0.3) is 5.56 Å². The first-order valence-corrected chi connectivity index (χ1v) is 4.58. The van der Waals surface area contributed by atoms with Gasteiger partial charge in [-0.2, -0.15) is 5.10 Å². The van der Waals surface area contributed by atoms with Crippen LogP contribution in [-0.2, 0) is 7.05 Å². The van der Waals surface area contributed by atoms with E-state index >= 15 is 0 Å². The average molecular weight is 221 g/mol. The van der Waals surface area contributed by atoms with Gasteiger partial charge in [0.15, 0.2) is 5.82 Å². The van der Waals surface area contributed by atoms with Gasteiger partial charge in [-0.1, -0.05) is 0 Å².